The summed E-state index contributed by atoms with van der Waals surface area (Å²) in [5.41, 5.74) is 7.66. The molecule has 2 aromatic rings. The average molecular weight is 572 g/mol. The summed E-state index contributed by atoms with van der Waals surface area (Å²) in [5, 5.41) is 30.9. The van der Waals surface area contributed by atoms with Crippen LogP contribution in [-0.4, -0.2) is 7.11 Å². The zero-order valence-corrected chi connectivity index (χ0v) is 23.7. The van der Waals surface area contributed by atoms with Gasteiger partial charge in [-0.25, -0.2) is 0 Å². The second-order valence-corrected chi connectivity index (χ2v) is 11.9. The normalized spacial score (nSPS) is 22.3. The molecular weight excluding hydrogens is 540 g/mol. The Morgan fingerprint density at radius 2 is 1.79 bits per heavy atom. The lowest BCUT2D eigenvalue weighted by molar-refractivity contribution is 0.170. The standard InChI is InChI=1S/C31H31BrN4O2/c1-30(2,3)21-10-11-22-23(14-21)27(31(17-34,18-35)29(36)24(22)15-33)20-12-25(32)28(26(13-20)37-4)38-16-19-8-6-5-7-9-19/h5-9,11-13,21,23,27H,10,14,16,36H2,1-4H3/t21-,23+,27+/m0/s1. The number of rotatable bonds is 5. The van der Waals surface area contributed by atoms with Crippen LogP contribution < -0.4 is 15.2 Å². The zero-order chi connectivity index (χ0) is 27.7. The van der Waals surface area contributed by atoms with Crippen molar-refractivity contribution in [1.29, 1.82) is 15.8 Å². The Labute approximate surface area is 233 Å². The molecule has 2 aromatic carbocycles. The van der Waals surface area contributed by atoms with E-state index in [2.05, 4.69) is 61.0 Å². The number of hydrogen-bond acceptors (Lipinski definition) is 6. The van der Waals surface area contributed by atoms with Crippen molar-refractivity contribution in [2.75, 3.05) is 7.11 Å². The predicted molar refractivity (Wildman–Crippen MR) is 148 cm³/mol. The van der Waals surface area contributed by atoms with Crippen LogP contribution in [0.4, 0.5) is 0 Å². The lowest BCUT2D eigenvalue weighted by Gasteiger charge is -2.47. The summed E-state index contributed by atoms with van der Waals surface area (Å²) < 4.78 is 12.5. The van der Waals surface area contributed by atoms with Gasteiger partial charge in [0.05, 0.1) is 35.0 Å². The van der Waals surface area contributed by atoms with Crippen LogP contribution in [0, 0.1) is 56.7 Å². The Morgan fingerprint density at radius 3 is 2.37 bits per heavy atom. The van der Waals surface area contributed by atoms with Gasteiger partial charge in [-0.15, -0.1) is 0 Å². The quantitative estimate of drug-likeness (QED) is 0.417. The Balaban J connectivity index is 1.87. The first kappa shape index (κ1) is 27.3. The van der Waals surface area contributed by atoms with Gasteiger partial charge in [-0.3, -0.25) is 0 Å². The number of nitrogens with two attached hydrogens (primary N) is 1. The first-order valence-corrected chi connectivity index (χ1v) is 13.4. The molecule has 0 unspecified atom stereocenters. The molecule has 2 N–H and O–H groups in total. The third kappa shape index (κ3) is 4.66. The van der Waals surface area contributed by atoms with Crippen LogP contribution in [-0.2, 0) is 6.61 Å². The van der Waals surface area contributed by atoms with Gasteiger partial charge in [0.25, 0.3) is 0 Å². The molecule has 38 heavy (non-hydrogen) atoms. The molecule has 3 atom stereocenters. The van der Waals surface area contributed by atoms with E-state index in [4.69, 9.17) is 15.2 Å². The van der Waals surface area contributed by atoms with Crippen molar-refractivity contribution >= 4 is 15.9 Å². The van der Waals surface area contributed by atoms with E-state index in [1.165, 1.54) is 0 Å². The summed E-state index contributed by atoms with van der Waals surface area (Å²) in [6.07, 6.45) is 3.63. The van der Waals surface area contributed by atoms with E-state index in [9.17, 15) is 15.8 Å². The molecule has 0 aromatic heterocycles. The SMILES string of the molecule is COc1cc([C@@H]2[C@@H]3C[C@@H](C(C)(C)C)CC=C3C(C#N)=C(N)C2(C#N)C#N)cc(Br)c1OCc1ccccc1. The molecule has 0 radical (unpaired) electrons. The molecule has 6 nitrogen and oxygen atoms in total. The van der Waals surface area contributed by atoms with E-state index in [0.717, 1.165) is 29.5 Å². The Kier molecular flexibility index (Phi) is 7.59. The predicted octanol–water partition coefficient (Wildman–Crippen LogP) is 6.90. The molecule has 0 aliphatic heterocycles. The average Bonchev–Trinajstić information content (AvgIpc) is 2.91. The summed E-state index contributed by atoms with van der Waals surface area (Å²) in [6, 6.07) is 20.2. The molecule has 4 rings (SSSR count). The van der Waals surface area contributed by atoms with Gasteiger partial charge in [0.2, 0.25) is 0 Å². The van der Waals surface area contributed by atoms with Crippen molar-refractivity contribution in [2.24, 2.45) is 28.4 Å². The van der Waals surface area contributed by atoms with Crippen molar-refractivity contribution in [1.82, 2.24) is 0 Å². The lowest BCUT2D eigenvalue weighted by atomic mass is 9.54. The Bertz CT molecular complexity index is 1400. The number of allylic oxidation sites excluding steroid dienone is 4. The Hall–Kier alpha value is -3.73. The number of ether oxygens (including phenoxy) is 2. The monoisotopic (exact) mass is 570 g/mol. The second-order valence-electron chi connectivity index (χ2n) is 11.0. The minimum Gasteiger partial charge on any atom is -0.493 e. The summed E-state index contributed by atoms with van der Waals surface area (Å²) in [7, 11) is 1.56. The number of hydrogen-bond donors (Lipinski definition) is 1. The highest BCUT2D eigenvalue weighted by Crippen LogP contribution is 2.59. The van der Waals surface area contributed by atoms with E-state index in [1.54, 1.807) is 7.11 Å². The van der Waals surface area contributed by atoms with Crippen molar-refractivity contribution in [3.05, 3.63) is 81.0 Å². The second kappa shape index (κ2) is 10.6. The molecule has 7 heteroatoms. The minimum atomic E-state index is -1.70. The van der Waals surface area contributed by atoms with Gasteiger partial charge in [-0.2, -0.15) is 15.8 Å². The van der Waals surface area contributed by atoms with E-state index in [-0.39, 0.29) is 22.6 Å². The van der Waals surface area contributed by atoms with E-state index >= 15 is 0 Å². The molecule has 0 heterocycles. The summed E-state index contributed by atoms with van der Waals surface area (Å²) in [5.74, 6) is 0.495. The number of halogens is 1. The van der Waals surface area contributed by atoms with Crippen molar-refractivity contribution in [3.8, 4) is 29.7 Å². The van der Waals surface area contributed by atoms with Crippen molar-refractivity contribution < 1.29 is 9.47 Å². The van der Waals surface area contributed by atoms with E-state index in [1.807, 2.05) is 42.5 Å². The molecule has 0 saturated heterocycles. The molecule has 0 saturated carbocycles. The first-order valence-electron chi connectivity index (χ1n) is 12.6. The maximum atomic E-state index is 10.5. The van der Waals surface area contributed by atoms with Crippen LogP contribution >= 0.6 is 15.9 Å². The number of benzene rings is 2. The first-order chi connectivity index (χ1) is 18.1. The molecule has 194 valence electrons. The third-order valence-electron chi connectivity index (χ3n) is 7.94. The van der Waals surface area contributed by atoms with Gasteiger partial charge < -0.3 is 15.2 Å². The summed E-state index contributed by atoms with van der Waals surface area (Å²) in [4.78, 5) is 0. The molecular formula is C31H31BrN4O2. The lowest BCUT2D eigenvalue weighted by Crippen LogP contribution is -2.44. The summed E-state index contributed by atoms with van der Waals surface area (Å²) >= 11 is 3.65. The number of nitrogens with zero attached hydrogens (tertiary/aromatic N) is 3. The van der Waals surface area contributed by atoms with Gasteiger partial charge in [-0.1, -0.05) is 57.2 Å². The smallest absolute Gasteiger partial charge is 0.191 e. The Morgan fingerprint density at radius 1 is 1.11 bits per heavy atom. The number of fused-ring (bicyclic) bond motifs is 1. The molecule has 0 fully saturated rings. The van der Waals surface area contributed by atoms with E-state index in [0.29, 0.717) is 28.5 Å². The van der Waals surface area contributed by atoms with Gasteiger partial charge in [0, 0.05) is 5.92 Å². The maximum Gasteiger partial charge on any atom is 0.191 e. The van der Waals surface area contributed by atoms with Crippen LogP contribution in [0.1, 0.15) is 50.7 Å². The number of nitriles is 3. The molecule has 0 bridgehead atoms. The largest absolute Gasteiger partial charge is 0.493 e. The molecule has 0 spiro atoms. The maximum absolute atomic E-state index is 10.5. The highest BCUT2D eigenvalue weighted by molar-refractivity contribution is 9.10. The van der Waals surface area contributed by atoms with Crippen LogP contribution in [0.15, 0.2) is 69.9 Å². The third-order valence-corrected chi connectivity index (χ3v) is 8.53. The van der Waals surface area contributed by atoms with Gasteiger partial charge >= 0.3 is 0 Å². The van der Waals surface area contributed by atoms with Crippen molar-refractivity contribution in [2.45, 2.75) is 46.1 Å². The molecule has 2 aliphatic rings. The summed E-state index contributed by atoms with van der Waals surface area (Å²) in [6.45, 7) is 6.95. The molecule has 2 aliphatic carbocycles. The van der Waals surface area contributed by atoms with Crippen LogP contribution in [0.3, 0.4) is 0 Å². The van der Waals surface area contributed by atoms with Gasteiger partial charge in [-0.05, 0) is 74.9 Å². The van der Waals surface area contributed by atoms with Crippen molar-refractivity contribution in [3.63, 3.8) is 0 Å². The topological polar surface area (TPSA) is 116 Å². The number of methoxy groups -OCH3 is 1. The van der Waals surface area contributed by atoms with E-state index < -0.39 is 11.3 Å². The van der Waals surface area contributed by atoms with Crippen LogP contribution in [0.25, 0.3) is 0 Å². The van der Waals surface area contributed by atoms with Crippen LogP contribution in [0.2, 0.25) is 0 Å². The highest BCUT2D eigenvalue weighted by Gasteiger charge is 2.55. The fourth-order valence-corrected chi connectivity index (χ4v) is 6.34. The minimum absolute atomic E-state index is 0.0153. The van der Waals surface area contributed by atoms with Gasteiger partial charge in [0.1, 0.15) is 12.7 Å². The molecule has 0 amide bonds. The fraction of sp³-hybridized carbons (Fsp3) is 0.387. The highest BCUT2D eigenvalue weighted by atomic mass is 79.9. The zero-order valence-electron chi connectivity index (χ0n) is 22.1. The fourth-order valence-electron chi connectivity index (χ4n) is 5.76. The van der Waals surface area contributed by atoms with Crippen LogP contribution in [0.5, 0.6) is 11.5 Å². The van der Waals surface area contributed by atoms with Gasteiger partial charge in [0.15, 0.2) is 16.9 Å².